The van der Waals surface area contributed by atoms with Crippen molar-refractivity contribution in [2.45, 2.75) is 0 Å². The Morgan fingerprint density at radius 2 is 1.92 bits per heavy atom. The molecule has 1 amide bonds. The average Bonchev–Trinajstić information content (AvgIpc) is 2.03. The molecule has 1 rings (SSSR count). The molecule has 70 valence electrons. The Morgan fingerprint density at radius 3 is 2.38 bits per heavy atom. The molecule has 3 N–H and O–H groups in total. The lowest BCUT2D eigenvalue weighted by atomic mass is 10.3. The summed E-state index contributed by atoms with van der Waals surface area (Å²) in [7, 11) is -3.99. The van der Waals surface area contributed by atoms with Gasteiger partial charge in [-0.2, -0.15) is 8.42 Å². The standard InChI is InChI=1S/C6H7N3O3S/c7-13(11,12)9-6(10)5-1-3-8-4-2-5/h1-4H,(H,9,10)(H2,7,11,12). The Labute approximate surface area is 75.0 Å². The van der Waals surface area contributed by atoms with Gasteiger partial charge in [-0.25, -0.2) is 9.86 Å². The van der Waals surface area contributed by atoms with Crippen molar-refractivity contribution in [2.75, 3.05) is 0 Å². The zero-order chi connectivity index (χ0) is 9.90. The first-order valence-corrected chi connectivity index (χ1v) is 4.78. The molecule has 6 nitrogen and oxygen atoms in total. The SMILES string of the molecule is NS(=O)(=O)NC(=O)c1ccncc1. The van der Waals surface area contributed by atoms with Crippen molar-refractivity contribution >= 4 is 16.1 Å². The van der Waals surface area contributed by atoms with Crippen molar-refractivity contribution in [2.24, 2.45) is 5.14 Å². The molecule has 7 heteroatoms. The van der Waals surface area contributed by atoms with E-state index in [9.17, 15) is 13.2 Å². The normalized spacial score (nSPS) is 10.8. The van der Waals surface area contributed by atoms with E-state index < -0.39 is 16.1 Å². The Balaban J connectivity index is 2.82. The minimum atomic E-state index is -3.99. The molecule has 0 atom stereocenters. The second kappa shape index (κ2) is 3.50. The molecule has 0 bridgehead atoms. The minimum absolute atomic E-state index is 0.184. The maximum atomic E-state index is 11.1. The van der Waals surface area contributed by atoms with Gasteiger partial charge in [0.2, 0.25) is 0 Å². The van der Waals surface area contributed by atoms with Gasteiger partial charge in [0.05, 0.1) is 0 Å². The van der Waals surface area contributed by atoms with Crippen molar-refractivity contribution in [1.29, 1.82) is 0 Å². The van der Waals surface area contributed by atoms with Crippen molar-refractivity contribution in [3.63, 3.8) is 0 Å². The second-order valence-electron chi connectivity index (χ2n) is 2.21. The highest BCUT2D eigenvalue weighted by atomic mass is 32.2. The van der Waals surface area contributed by atoms with Gasteiger partial charge in [-0.3, -0.25) is 9.78 Å². The molecule has 1 aromatic heterocycles. The quantitative estimate of drug-likeness (QED) is 0.641. The summed E-state index contributed by atoms with van der Waals surface area (Å²) in [6, 6.07) is 2.75. The smallest absolute Gasteiger partial charge is 0.268 e. The van der Waals surface area contributed by atoms with E-state index in [0.29, 0.717) is 0 Å². The number of hydrogen-bond donors (Lipinski definition) is 2. The number of nitrogens with zero attached hydrogens (tertiary/aromatic N) is 1. The van der Waals surface area contributed by atoms with E-state index in [1.807, 2.05) is 0 Å². The molecule has 0 unspecified atom stereocenters. The van der Waals surface area contributed by atoms with Gasteiger partial charge in [0, 0.05) is 18.0 Å². The van der Waals surface area contributed by atoms with Gasteiger partial charge in [-0.15, -0.1) is 0 Å². The van der Waals surface area contributed by atoms with Crippen molar-refractivity contribution in [3.05, 3.63) is 30.1 Å². The van der Waals surface area contributed by atoms with Gasteiger partial charge in [0.1, 0.15) is 0 Å². The number of aromatic nitrogens is 1. The summed E-state index contributed by atoms with van der Waals surface area (Å²) in [5, 5.41) is 4.60. The molecule has 0 radical (unpaired) electrons. The van der Waals surface area contributed by atoms with E-state index in [2.05, 4.69) is 10.1 Å². The molecule has 1 aromatic rings. The molecule has 0 aromatic carbocycles. The number of pyridine rings is 1. The van der Waals surface area contributed by atoms with E-state index in [1.165, 1.54) is 24.5 Å². The van der Waals surface area contributed by atoms with E-state index >= 15 is 0 Å². The predicted molar refractivity (Wildman–Crippen MR) is 44.8 cm³/mol. The van der Waals surface area contributed by atoms with Crippen LogP contribution in [0, 0.1) is 0 Å². The lowest BCUT2D eigenvalue weighted by Crippen LogP contribution is -2.35. The molecule has 1 heterocycles. The van der Waals surface area contributed by atoms with Gasteiger partial charge >= 0.3 is 0 Å². The number of amides is 1. The summed E-state index contributed by atoms with van der Waals surface area (Å²) in [6.45, 7) is 0. The zero-order valence-electron chi connectivity index (χ0n) is 6.47. The molecule has 0 saturated heterocycles. The van der Waals surface area contributed by atoms with Gasteiger partial charge in [-0.1, -0.05) is 0 Å². The largest absolute Gasteiger partial charge is 0.298 e. The topological polar surface area (TPSA) is 102 Å². The molecule has 0 aliphatic carbocycles. The van der Waals surface area contributed by atoms with Crippen LogP contribution in [0.3, 0.4) is 0 Å². The van der Waals surface area contributed by atoms with Crippen LogP contribution in [-0.2, 0) is 10.2 Å². The number of carbonyl (C=O) groups excluding carboxylic acids is 1. The summed E-state index contributed by atoms with van der Waals surface area (Å²) in [6.07, 6.45) is 2.75. The molecule has 0 fully saturated rings. The third-order valence-electron chi connectivity index (χ3n) is 1.18. The summed E-state index contributed by atoms with van der Waals surface area (Å²) >= 11 is 0. The first-order chi connectivity index (χ1) is 5.99. The van der Waals surface area contributed by atoms with Crippen molar-refractivity contribution in [1.82, 2.24) is 9.71 Å². The lowest BCUT2D eigenvalue weighted by molar-refractivity contribution is 0.0981. The minimum Gasteiger partial charge on any atom is -0.268 e. The maximum Gasteiger partial charge on any atom is 0.298 e. The van der Waals surface area contributed by atoms with Crippen molar-refractivity contribution in [3.8, 4) is 0 Å². The fourth-order valence-electron chi connectivity index (χ4n) is 0.691. The number of carbonyl (C=O) groups is 1. The number of nitrogens with one attached hydrogen (secondary N) is 1. The third kappa shape index (κ3) is 3.18. The molecule has 0 aliphatic heterocycles. The Kier molecular flexibility index (Phi) is 2.59. The maximum absolute atomic E-state index is 11.1. The molecule has 0 spiro atoms. The van der Waals surface area contributed by atoms with Crippen LogP contribution in [0.25, 0.3) is 0 Å². The molecule has 0 aliphatic rings. The fraction of sp³-hybridized carbons (Fsp3) is 0. The van der Waals surface area contributed by atoms with Crippen LogP contribution in [0.5, 0.6) is 0 Å². The second-order valence-corrected chi connectivity index (χ2v) is 3.51. The zero-order valence-corrected chi connectivity index (χ0v) is 7.28. The van der Waals surface area contributed by atoms with Crippen LogP contribution in [0.2, 0.25) is 0 Å². The van der Waals surface area contributed by atoms with Gasteiger partial charge in [0.15, 0.2) is 0 Å². The Hall–Kier alpha value is -1.47. The fourth-order valence-corrected chi connectivity index (χ4v) is 1.07. The number of rotatable bonds is 2. The number of nitrogens with two attached hydrogens (primary N) is 1. The van der Waals surface area contributed by atoms with E-state index in [-0.39, 0.29) is 5.56 Å². The van der Waals surface area contributed by atoms with Crippen LogP contribution in [0.4, 0.5) is 0 Å². The highest BCUT2D eigenvalue weighted by Crippen LogP contribution is 1.95. The van der Waals surface area contributed by atoms with Crippen LogP contribution >= 0.6 is 0 Å². The van der Waals surface area contributed by atoms with Gasteiger partial charge in [-0.05, 0) is 12.1 Å². The Morgan fingerprint density at radius 1 is 1.38 bits per heavy atom. The molecule has 0 saturated carbocycles. The summed E-state index contributed by atoms with van der Waals surface area (Å²) in [5.74, 6) is -0.773. The van der Waals surface area contributed by atoms with Crippen molar-refractivity contribution < 1.29 is 13.2 Å². The first kappa shape index (κ1) is 9.62. The van der Waals surface area contributed by atoms with Crippen LogP contribution in [0.15, 0.2) is 24.5 Å². The predicted octanol–water partition coefficient (Wildman–Crippen LogP) is -0.985. The third-order valence-corrected chi connectivity index (χ3v) is 1.65. The summed E-state index contributed by atoms with van der Waals surface area (Å²) < 4.78 is 22.5. The van der Waals surface area contributed by atoms with E-state index in [4.69, 9.17) is 0 Å². The molecular formula is C6H7N3O3S. The highest BCUT2D eigenvalue weighted by Gasteiger charge is 2.10. The Bertz CT molecular complexity index is 400. The van der Waals surface area contributed by atoms with E-state index in [1.54, 1.807) is 4.72 Å². The van der Waals surface area contributed by atoms with Crippen LogP contribution in [-0.4, -0.2) is 19.3 Å². The van der Waals surface area contributed by atoms with Crippen LogP contribution in [0.1, 0.15) is 10.4 Å². The summed E-state index contributed by atoms with van der Waals surface area (Å²) in [5.41, 5.74) is 0.184. The highest BCUT2D eigenvalue weighted by molar-refractivity contribution is 7.87. The van der Waals surface area contributed by atoms with Gasteiger partial charge in [0.25, 0.3) is 16.1 Å². The van der Waals surface area contributed by atoms with Gasteiger partial charge < -0.3 is 0 Å². The van der Waals surface area contributed by atoms with Crippen LogP contribution < -0.4 is 9.86 Å². The lowest BCUT2D eigenvalue weighted by Gasteiger charge is -2.00. The number of hydrogen-bond acceptors (Lipinski definition) is 4. The molecule has 13 heavy (non-hydrogen) atoms. The average molecular weight is 201 g/mol. The first-order valence-electron chi connectivity index (χ1n) is 3.24. The summed E-state index contributed by atoms with van der Waals surface area (Å²) in [4.78, 5) is 14.7. The monoisotopic (exact) mass is 201 g/mol. The molecular weight excluding hydrogens is 194 g/mol. The van der Waals surface area contributed by atoms with E-state index in [0.717, 1.165) is 0 Å².